The van der Waals surface area contributed by atoms with Crippen LogP contribution in [0.1, 0.15) is 5.69 Å². The fourth-order valence-electron chi connectivity index (χ4n) is 1.51. The molecule has 2 heterocycles. The van der Waals surface area contributed by atoms with Crippen molar-refractivity contribution in [1.29, 1.82) is 0 Å². The molecule has 0 bridgehead atoms. The summed E-state index contributed by atoms with van der Waals surface area (Å²) < 4.78 is 30.6. The molecule has 0 spiro atoms. The average molecular weight is 323 g/mol. The van der Waals surface area contributed by atoms with Gasteiger partial charge in [0.05, 0.1) is 7.11 Å². The second kappa shape index (κ2) is 6.35. The zero-order chi connectivity index (χ0) is 16.2. The lowest BCUT2D eigenvalue weighted by atomic mass is 10.4. The quantitative estimate of drug-likeness (QED) is 0.848. The highest BCUT2D eigenvalue weighted by atomic mass is 32.2. The van der Waals surface area contributed by atoms with Crippen LogP contribution in [0.15, 0.2) is 35.5 Å². The summed E-state index contributed by atoms with van der Waals surface area (Å²) in [5.74, 6) is 0.168. The second-order valence-corrected chi connectivity index (χ2v) is 5.73. The minimum atomic E-state index is -4.07. The van der Waals surface area contributed by atoms with Gasteiger partial charge < -0.3 is 4.74 Å². The number of hydrogen-bond donors (Lipinski definition) is 2. The predicted molar refractivity (Wildman–Crippen MR) is 76.9 cm³/mol. The van der Waals surface area contributed by atoms with Crippen LogP contribution in [0, 0.1) is 6.92 Å². The van der Waals surface area contributed by atoms with Crippen molar-refractivity contribution in [1.82, 2.24) is 19.7 Å². The van der Waals surface area contributed by atoms with Gasteiger partial charge in [0, 0.05) is 18.0 Å². The number of nitrogens with one attached hydrogen (secondary N) is 2. The number of anilines is 1. The Morgan fingerprint density at radius 2 is 2.05 bits per heavy atom. The first kappa shape index (κ1) is 15.6. The molecule has 2 amide bonds. The zero-order valence-corrected chi connectivity index (χ0v) is 12.6. The van der Waals surface area contributed by atoms with E-state index in [2.05, 4.69) is 20.3 Å². The Bertz CT molecular complexity index is 779. The molecule has 2 aromatic rings. The van der Waals surface area contributed by atoms with E-state index >= 15 is 0 Å². The molecule has 0 radical (unpaired) electrons. The Labute approximate surface area is 126 Å². The first-order valence-electron chi connectivity index (χ1n) is 6.05. The summed E-state index contributed by atoms with van der Waals surface area (Å²) >= 11 is 0. The third-order valence-electron chi connectivity index (χ3n) is 2.41. The van der Waals surface area contributed by atoms with E-state index in [0.29, 0.717) is 5.69 Å². The number of carbonyl (C=O) groups is 1. The largest absolute Gasteiger partial charge is 0.481 e. The average Bonchev–Trinajstić information content (AvgIpc) is 2.46. The third-order valence-corrected chi connectivity index (χ3v) is 3.65. The van der Waals surface area contributed by atoms with Gasteiger partial charge in [0.2, 0.25) is 11.8 Å². The SMILES string of the molecule is COc1cc(C)nc(NC(=O)NS(=O)(=O)c2ccccn2)n1. The van der Waals surface area contributed by atoms with Gasteiger partial charge in [-0.25, -0.2) is 19.5 Å². The Morgan fingerprint density at radius 1 is 1.27 bits per heavy atom. The fraction of sp³-hybridized carbons (Fsp3) is 0.167. The van der Waals surface area contributed by atoms with Crippen LogP contribution < -0.4 is 14.8 Å². The van der Waals surface area contributed by atoms with Crippen LogP contribution >= 0.6 is 0 Å². The monoisotopic (exact) mass is 323 g/mol. The van der Waals surface area contributed by atoms with Crippen LogP contribution in [0.5, 0.6) is 5.88 Å². The molecule has 0 saturated carbocycles. The molecule has 22 heavy (non-hydrogen) atoms. The number of methoxy groups -OCH3 is 1. The van der Waals surface area contributed by atoms with Crippen molar-refractivity contribution in [3.63, 3.8) is 0 Å². The maximum Gasteiger partial charge on any atom is 0.335 e. The van der Waals surface area contributed by atoms with Gasteiger partial charge in [-0.2, -0.15) is 13.4 Å². The molecular formula is C12H13N5O4S. The van der Waals surface area contributed by atoms with Crippen LogP contribution in [0.2, 0.25) is 0 Å². The summed E-state index contributed by atoms with van der Waals surface area (Å²) in [4.78, 5) is 23.3. The van der Waals surface area contributed by atoms with E-state index in [4.69, 9.17) is 4.74 Å². The molecule has 0 atom stereocenters. The number of pyridine rings is 1. The number of aromatic nitrogens is 3. The zero-order valence-electron chi connectivity index (χ0n) is 11.8. The molecule has 0 fully saturated rings. The molecule has 0 unspecified atom stereocenters. The van der Waals surface area contributed by atoms with Crippen molar-refractivity contribution in [2.24, 2.45) is 0 Å². The number of hydrogen-bond acceptors (Lipinski definition) is 7. The molecular weight excluding hydrogens is 310 g/mol. The first-order valence-corrected chi connectivity index (χ1v) is 7.53. The molecule has 2 rings (SSSR count). The topological polar surface area (TPSA) is 123 Å². The van der Waals surface area contributed by atoms with Gasteiger partial charge in [-0.15, -0.1) is 0 Å². The summed E-state index contributed by atoms with van der Waals surface area (Å²) in [5, 5.41) is 1.95. The summed E-state index contributed by atoms with van der Waals surface area (Å²) in [6.45, 7) is 1.68. The number of amides is 2. The van der Waals surface area contributed by atoms with E-state index in [1.807, 2.05) is 4.72 Å². The van der Waals surface area contributed by atoms with Gasteiger partial charge >= 0.3 is 6.03 Å². The molecule has 116 valence electrons. The van der Waals surface area contributed by atoms with Crippen molar-refractivity contribution in [3.05, 3.63) is 36.2 Å². The van der Waals surface area contributed by atoms with Crippen molar-refractivity contribution >= 4 is 22.0 Å². The molecule has 0 aliphatic carbocycles. The van der Waals surface area contributed by atoms with Crippen LogP contribution in [0.4, 0.5) is 10.7 Å². The van der Waals surface area contributed by atoms with Gasteiger partial charge in [-0.3, -0.25) is 5.32 Å². The summed E-state index contributed by atoms with van der Waals surface area (Å²) in [6.07, 6.45) is 1.31. The number of rotatable bonds is 4. The van der Waals surface area contributed by atoms with Crippen molar-refractivity contribution in [3.8, 4) is 5.88 Å². The lowest BCUT2D eigenvalue weighted by molar-refractivity contribution is 0.256. The van der Waals surface area contributed by atoms with Crippen molar-refractivity contribution in [2.75, 3.05) is 12.4 Å². The van der Waals surface area contributed by atoms with Crippen LogP contribution in [-0.4, -0.2) is 36.5 Å². The smallest absolute Gasteiger partial charge is 0.335 e. The number of aryl methyl sites for hydroxylation is 1. The molecule has 0 aliphatic heterocycles. The normalized spacial score (nSPS) is 10.8. The van der Waals surface area contributed by atoms with E-state index in [0.717, 1.165) is 0 Å². The van der Waals surface area contributed by atoms with Crippen molar-refractivity contribution < 1.29 is 17.9 Å². The number of nitrogens with zero attached hydrogens (tertiary/aromatic N) is 3. The predicted octanol–water partition coefficient (Wildman–Crippen LogP) is 0.699. The first-order chi connectivity index (χ1) is 10.4. The van der Waals surface area contributed by atoms with Gasteiger partial charge in [-0.1, -0.05) is 6.07 Å². The lowest BCUT2D eigenvalue weighted by Crippen LogP contribution is -2.35. The van der Waals surface area contributed by atoms with Gasteiger partial charge in [0.25, 0.3) is 10.0 Å². The molecule has 0 saturated heterocycles. The van der Waals surface area contributed by atoms with E-state index in [9.17, 15) is 13.2 Å². The second-order valence-electron chi connectivity index (χ2n) is 4.10. The fourth-order valence-corrected chi connectivity index (χ4v) is 2.36. The van der Waals surface area contributed by atoms with E-state index in [-0.39, 0.29) is 16.9 Å². The van der Waals surface area contributed by atoms with Crippen LogP contribution in [-0.2, 0) is 10.0 Å². The molecule has 9 nitrogen and oxygen atoms in total. The number of sulfonamides is 1. The number of urea groups is 1. The van der Waals surface area contributed by atoms with Gasteiger partial charge in [-0.05, 0) is 19.1 Å². The van der Waals surface area contributed by atoms with Crippen LogP contribution in [0.25, 0.3) is 0 Å². The Morgan fingerprint density at radius 3 is 2.68 bits per heavy atom. The highest BCUT2D eigenvalue weighted by Gasteiger charge is 2.19. The van der Waals surface area contributed by atoms with Crippen molar-refractivity contribution in [2.45, 2.75) is 11.9 Å². The standard InChI is InChI=1S/C12H13N5O4S/c1-8-7-9(21-2)15-11(14-8)16-12(18)17-22(19,20)10-5-3-4-6-13-10/h3-7H,1-2H3,(H2,14,15,16,17,18). The van der Waals surface area contributed by atoms with E-state index in [1.165, 1.54) is 25.4 Å². The highest BCUT2D eigenvalue weighted by Crippen LogP contribution is 2.11. The summed E-state index contributed by atoms with van der Waals surface area (Å²) in [7, 11) is -2.65. The number of ether oxygens (including phenoxy) is 1. The minimum absolute atomic E-state index is 0.0782. The van der Waals surface area contributed by atoms with E-state index < -0.39 is 16.1 Å². The van der Waals surface area contributed by atoms with E-state index in [1.54, 1.807) is 19.1 Å². The molecule has 2 aromatic heterocycles. The maximum absolute atomic E-state index is 11.9. The van der Waals surface area contributed by atoms with Gasteiger partial charge in [0.1, 0.15) is 0 Å². The summed E-state index contributed by atoms with van der Waals surface area (Å²) in [5.41, 5.74) is 0.551. The highest BCUT2D eigenvalue weighted by molar-refractivity contribution is 7.90. The number of carbonyl (C=O) groups excluding carboxylic acids is 1. The minimum Gasteiger partial charge on any atom is -0.481 e. The Balaban J connectivity index is 2.12. The lowest BCUT2D eigenvalue weighted by Gasteiger charge is -2.08. The molecule has 0 aromatic carbocycles. The summed E-state index contributed by atoms with van der Waals surface area (Å²) in [6, 6.07) is 4.88. The Hall–Kier alpha value is -2.75. The third kappa shape index (κ3) is 3.88. The van der Waals surface area contributed by atoms with Crippen LogP contribution in [0.3, 0.4) is 0 Å². The van der Waals surface area contributed by atoms with Gasteiger partial charge in [0.15, 0.2) is 5.03 Å². The maximum atomic E-state index is 11.9. The molecule has 0 aliphatic rings. The Kier molecular flexibility index (Phi) is 4.51. The molecule has 10 heteroatoms. The molecule has 2 N–H and O–H groups in total.